The van der Waals surface area contributed by atoms with Crippen molar-refractivity contribution in [2.24, 2.45) is 10.2 Å². The third-order valence-electron chi connectivity index (χ3n) is 7.67. The Morgan fingerprint density at radius 3 is 1.15 bits per heavy atom. The molecule has 5 aromatic rings. The minimum atomic E-state index is -3.57. The van der Waals surface area contributed by atoms with Gasteiger partial charge in [0, 0.05) is 11.1 Å². The lowest BCUT2D eigenvalue weighted by Crippen LogP contribution is -2.29. The smallest absolute Gasteiger partial charge is 0.267 e. The molecular formula is C38H36N6O6S2. The zero-order valence-corrected chi connectivity index (χ0v) is 30.0. The second kappa shape index (κ2) is 16.7. The Hall–Kier alpha value is -6.12. The van der Waals surface area contributed by atoms with Crippen molar-refractivity contribution in [2.75, 3.05) is 21.1 Å². The Balaban J connectivity index is 1.12. The molecule has 0 fully saturated rings. The second-order valence-corrected chi connectivity index (χ2v) is 15.5. The Labute approximate surface area is 303 Å². The molecule has 0 heterocycles. The van der Waals surface area contributed by atoms with Crippen LogP contribution in [0.4, 0.5) is 11.4 Å². The molecule has 0 saturated heterocycles. The van der Waals surface area contributed by atoms with Crippen LogP contribution >= 0.6 is 0 Å². The van der Waals surface area contributed by atoms with Crippen molar-refractivity contribution in [3.8, 4) is 0 Å². The van der Waals surface area contributed by atoms with Gasteiger partial charge in [-0.25, -0.2) is 27.7 Å². The minimum absolute atomic E-state index is 0.162. The van der Waals surface area contributed by atoms with Gasteiger partial charge >= 0.3 is 0 Å². The van der Waals surface area contributed by atoms with E-state index in [4.69, 9.17) is 0 Å². The van der Waals surface area contributed by atoms with E-state index in [-0.39, 0.29) is 13.1 Å². The summed E-state index contributed by atoms with van der Waals surface area (Å²) in [5.41, 5.74) is 9.44. The highest BCUT2D eigenvalue weighted by molar-refractivity contribution is 7.92. The van der Waals surface area contributed by atoms with Crippen molar-refractivity contribution >= 4 is 55.7 Å². The van der Waals surface area contributed by atoms with Crippen LogP contribution in [-0.4, -0.2) is 53.6 Å². The number of hydrogen-bond acceptors (Lipinski definition) is 8. The van der Waals surface area contributed by atoms with Crippen LogP contribution in [-0.2, 0) is 33.1 Å². The fourth-order valence-electron chi connectivity index (χ4n) is 4.98. The van der Waals surface area contributed by atoms with E-state index in [0.717, 1.165) is 23.6 Å². The lowest BCUT2D eigenvalue weighted by Gasteiger charge is -2.22. The fourth-order valence-corrected chi connectivity index (χ4v) is 6.76. The molecule has 14 heteroatoms. The predicted octanol–water partition coefficient (Wildman–Crippen LogP) is 5.15. The normalized spacial score (nSPS) is 11.7. The summed E-state index contributed by atoms with van der Waals surface area (Å²) < 4.78 is 52.4. The summed E-state index contributed by atoms with van der Waals surface area (Å²) in [7, 11) is -7.14. The van der Waals surface area contributed by atoms with Crippen LogP contribution in [0.2, 0.25) is 0 Å². The summed E-state index contributed by atoms with van der Waals surface area (Å²) in [5, 5.41) is 8.02. The zero-order chi connectivity index (χ0) is 37.1. The Kier molecular flexibility index (Phi) is 11.9. The summed E-state index contributed by atoms with van der Waals surface area (Å²) in [6.45, 7) is 0.323. The molecule has 2 N–H and O–H groups in total. The van der Waals surface area contributed by atoms with Crippen molar-refractivity contribution in [3.05, 3.63) is 167 Å². The standard InChI is InChI=1S/C38H36N6O6S2/c1-51(47,48)43(27-31-9-5-3-6-10-31)35-21-17-33(18-22-35)37(45)41-39-25-29-13-15-30(16-14-29)26-40-42-38(46)34-19-23-36(24-20-34)44(52(2,49)50)28-32-11-7-4-8-12-32/h3-26H,27-28H2,1-2H3,(H,41,45)(H,42,46)/b39-25+,40-26+. The van der Waals surface area contributed by atoms with Crippen molar-refractivity contribution < 1.29 is 26.4 Å². The SMILES string of the molecule is CS(=O)(=O)N(Cc1ccccc1)c1ccc(C(=O)N/N=C/c2ccc(/C=N/NC(=O)c3ccc(N(Cc4ccccc4)S(C)(=O)=O)cc3)cc2)cc1. The number of carbonyl (C=O) groups is 2. The maximum Gasteiger partial charge on any atom is 0.271 e. The van der Waals surface area contributed by atoms with Gasteiger partial charge < -0.3 is 0 Å². The lowest BCUT2D eigenvalue weighted by molar-refractivity contribution is 0.0947. The molecule has 266 valence electrons. The van der Waals surface area contributed by atoms with Crippen LogP contribution in [0, 0.1) is 0 Å². The molecule has 0 aromatic heterocycles. The van der Waals surface area contributed by atoms with E-state index in [9.17, 15) is 26.4 Å². The molecule has 2 amide bonds. The van der Waals surface area contributed by atoms with Crippen LogP contribution in [0.25, 0.3) is 0 Å². The number of carbonyl (C=O) groups excluding carboxylic acids is 2. The minimum Gasteiger partial charge on any atom is -0.267 e. The van der Waals surface area contributed by atoms with Gasteiger partial charge in [-0.1, -0.05) is 84.9 Å². The van der Waals surface area contributed by atoms with Crippen LogP contribution in [0.3, 0.4) is 0 Å². The number of hydrogen-bond donors (Lipinski definition) is 2. The van der Waals surface area contributed by atoms with Crippen LogP contribution in [0.1, 0.15) is 43.0 Å². The highest BCUT2D eigenvalue weighted by Gasteiger charge is 2.20. The number of benzene rings is 5. The van der Waals surface area contributed by atoms with E-state index < -0.39 is 31.9 Å². The molecule has 52 heavy (non-hydrogen) atoms. The number of nitrogens with zero attached hydrogens (tertiary/aromatic N) is 4. The Bertz CT molecular complexity index is 2100. The summed E-state index contributed by atoms with van der Waals surface area (Å²) in [5.74, 6) is -0.934. The first-order chi connectivity index (χ1) is 24.9. The van der Waals surface area contributed by atoms with E-state index in [2.05, 4.69) is 21.1 Å². The van der Waals surface area contributed by atoms with Crippen molar-refractivity contribution in [1.29, 1.82) is 0 Å². The number of amides is 2. The molecule has 0 aliphatic carbocycles. The summed E-state index contributed by atoms with van der Waals surface area (Å²) >= 11 is 0. The Morgan fingerprint density at radius 2 is 0.846 bits per heavy atom. The molecule has 0 aliphatic heterocycles. The van der Waals surface area contributed by atoms with Gasteiger partial charge in [-0.3, -0.25) is 18.2 Å². The number of anilines is 2. The lowest BCUT2D eigenvalue weighted by atomic mass is 10.1. The molecule has 0 saturated carbocycles. The van der Waals surface area contributed by atoms with Gasteiger partial charge in [0.25, 0.3) is 11.8 Å². The molecule has 0 bridgehead atoms. The van der Waals surface area contributed by atoms with E-state index in [0.29, 0.717) is 33.6 Å². The summed E-state index contributed by atoms with van der Waals surface area (Å²) in [6.07, 6.45) is 5.21. The molecule has 0 atom stereocenters. The van der Waals surface area contributed by atoms with Gasteiger partial charge in [-0.2, -0.15) is 10.2 Å². The second-order valence-electron chi connectivity index (χ2n) is 11.7. The zero-order valence-electron chi connectivity index (χ0n) is 28.3. The number of nitrogens with one attached hydrogen (secondary N) is 2. The molecule has 0 radical (unpaired) electrons. The van der Waals surface area contributed by atoms with E-state index in [1.807, 2.05) is 60.7 Å². The molecule has 0 unspecified atom stereocenters. The molecule has 5 rings (SSSR count). The topological polar surface area (TPSA) is 158 Å². The summed E-state index contributed by atoms with van der Waals surface area (Å²) in [4.78, 5) is 25.3. The van der Waals surface area contributed by atoms with Crippen molar-refractivity contribution in [2.45, 2.75) is 13.1 Å². The van der Waals surface area contributed by atoms with Crippen molar-refractivity contribution in [1.82, 2.24) is 10.9 Å². The van der Waals surface area contributed by atoms with Crippen LogP contribution < -0.4 is 19.5 Å². The third kappa shape index (κ3) is 10.4. The number of hydrazone groups is 2. The molecule has 0 spiro atoms. The molecule has 0 aliphatic rings. The van der Waals surface area contributed by atoms with E-state index >= 15 is 0 Å². The summed E-state index contributed by atoms with van der Waals surface area (Å²) in [6, 6.07) is 37.9. The van der Waals surface area contributed by atoms with Crippen molar-refractivity contribution in [3.63, 3.8) is 0 Å². The van der Waals surface area contributed by atoms with Gasteiger partial charge in [0.1, 0.15) is 0 Å². The maximum atomic E-state index is 12.7. The maximum absolute atomic E-state index is 12.7. The number of sulfonamides is 2. The average Bonchev–Trinajstić information content (AvgIpc) is 3.13. The van der Waals surface area contributed by atoms with Gasteiger partial charge in [-0.05, 0) is 70.8 Å². The predicted molar refractivity (Wildman–Crippen MR) is 204 cm³/mol. The fraction of sp³-hybridized carbons (Fsp3) is 0.105. The molecule has 5 aromatic carbocycles. The van der Waals surface area contributed by atoms with Crippen LogP contribution in [0.15, 0.2) is 144 Å². The first kappa shape index (κ1) is 37.1. The van der Waals surface area contributed by atoms with E-state index in [1.165, 1.54) is 45.3 Å². The Morgan fingerprint density at radius 1 is 0.519 bits per heavy atom. The van der Waals surface area contributed by atoms with Gasteiger partial charge in [-0.15, -0.1) is 0 Å². The van der Waals surface area contributed by atoms with Gasteiger partial charge in [0.2, 0.25) is 20.0 Å². The van der Waals surface area contributed by atoms with Gasteiger partial charge in [0.05, 0.1) is 49.4 Å². The van der Waals surface area contributed by atoms with Crippen LogP contribution in [0.5, 0.6) is 0 Å². The quantitative estimate of drug-likeness (QED) is 0.119. The third-order valence-corrected chi connectivity index (χ3v) is 9.95. The van der Waals surface area contributed by atoms with Gasteiger partial charge in [0.15, 0.2) is 0 Å². The average molecular weight is 737 g/mol. The largest absolute Gasteiger partial charge is 0.271 e. The highest BCUT2D eigenvalue weighted by atomic mass is 32.2. The number of rotatable bonds is 14. The van der Waals surface area contributed by atoms with E-state index in [1.54, 1.807) is 48.5 Å². The molecule has 12 nitrogen and oxygen atoms in total. The first-order valence-electron chi connectivity index (χ1n) is 15.9. The monoisotopic (exact) mass is 736 g/mol. The first-order valence-corrected chi connectivity index (χ1v) is 19.6. The highest BCUT2D eigenvalue weighted by Crippen LogP contribution is 2.23. The molecular weight excluding hydrogens is 701 g/mol.